The Hall–Kier alpha value is -5.91. The van der Waals surface area contributed by atoms with Crippen molar-refractivity contribution >= 4 is 92.4 Å². The molecule has 3 heterocycles. The van der Waals surface area contributed by atoms with Crippen LogP contribution in [0.15, 0.2) is 154 Å². The van der Waals surface area contributed by atoms with E-state index in [4.69, 9.17) is 13.8 Å². The van der Waals surface area contributed by atoms with E-state index >= 15 is 0 Å². The molecule has 0 atom stereocenters. The first kappa shape index (κ1) is 25.4. The van der Waals surface area contributed by atoms with Gasteiger partial charge in [-0.25, -0.2) is 4.98 Å². The summed E-state index contributed by atoms with van der Waals surface area (Å²) >= 11 is 1.83. The number of oxazole rings is 1. The average molecular weight is 609 g/mol. The number of nitrogens with zero attached hydrogens (tertiary/aromatic N) is 2. The number of furan rings is 1. The smallest absolute Gasteiger partial charge is 0.227 e. The Kier molecular flexibility index (Phi) is 5.41. The van der Waals surface area contributed by atoms with Crippen LogP contribution in [0, 0.1) is 0 Å². The topological polar surface area (TPSA) is 42.4 Å². The molecule has 10 aromatic rings. The van der Waals surface area contributed by atoms with Gasteiger partial charge in [0.05, 0.1) is 0 Å². The lowest BCUT2D eigenvalue weighted by atomic mass is 10.1. The summed E-state index contributed by atoms with van der Waals surface area (Å²) in [5.74, 6) is 0.630. The van der Waals surface area contributed by atoms with Gasteiger partial charge in [-0.2, -0.15) is 0 Å². The van der Waals surface area contributed by atoms with E-state index in [-0.39, 0.29) is 0 Å². The maximum atomic E-state index is 6.36. The Bertz CT molecular complexity index is 2660. The SMILES string of the molecule is c1ccc(-c2nc3ccc4cc(N(c5ccc6oc7ccccc7c6c5)c5ccc6sc7ccccc7c6c5)ccc4c3o2)cc1. The molecule has 0 N–H and O–H groups in total. The Morgan fingerprint density at radius 1 is 0.478 bits per heavy atom. The van der Waals surface area contributed by atoms with Crippen molar-refractivity contribution in [2.24, 2.45) is 0 Å². The van der Waals surface area contributed by atoms with Crippen molar-refractivity contribution in [3.05, 3.63) is 146 Å². The van der Waals surface area contributed by atoms with Crippen LogP contribution in [0.1, 0.15) is 0 Å². The van der Waals surface area contributed by atoms with E-state index < -0.39 is 0 Å². The van der Waals surface area contributed by atoms with Crippen LogP contribution >= 0.6 is 11.3 Å². The van der Waals surface area contributed by atoms with Crippen LogP contribution in [0.3, 0.4) is 0 Å². The number of benzene rings is 7. The van der Waals surface area contributed by atoms with E-state index in [1.807, 2.05) is 53.8 Å². The molecule has 0 unspecified atom stereocenters. The van der Waals surface area contributed by atoms with Crippen molar-refractivity contribution in [2.75, 3.05) is 4.90 Å². The highest BCUT2D eigenvalue weighted by atomic mass is 32.1. The van der Waals surface area contributed by atoms with Crippen LogP contribution in [-0.4, -0.2) is 4.98 Å². The number of rotatable bonds is 4. The van der Waals surface area contributed by atoms with Crippen molar-refractivity contribution in [1.82, 2.24) is 4.98 Å². The molecule has 7 aromatic carbocycles. The quantitative estimate of drug-likeness (QED) is 0.199. The fourth-order valence-electron chi connectivity index (χ4n) is 6.70. The van der Waals surface area contributed by atoms with Crippen LogP contribution in [0.5, 0.6) is 0 Å². The number of hydrogen-bond donors (Lipinski definition) is 0. The first-order valence-electron chi connectivity index (χ1n) is 15.3. The molecule has 3 aromatic heterocycles. The molecule has 0 saturated heterocycles. The summed E-state index contributed by atoms with van der Waals surface area (Å²) in [6, 6.07) is 51.0. The second kappa shape index (κ2) is 9.80. The maximum Gasteiger partial charge on any atom is 0.227 e. The van der Waals surface area contributed by atoms with Gasteiger partial charge in [0.1, 0.15) is 16.7 Å². The summed E-state index contributed by atoms with van der Waals surface area (Å²) in [4.78, 5) is 7.14. The predicted molar refractivity (Wildman–Crippen MR) is 192 cm³/mol. The monoisotopic (exact) mass is 608 g/mol. The fourth-order valence-corrected chi connectivity index (χ4v) is 7.78. The van der Waals surface area contributed by atoms with Gasteiger partial charge in [-0.05, 0) is 90.3 Å². The van der Waals surface area contributed by atoms with Gasteiger partial charge in [-0.3, -0.25) is 0 Å². The third-order valence-corrected chi connectivity index (χ3v) is 10.0. The highest BCUT2D eigenvalue weighted by Gasteiger charge is 2.19. The predicted octanol–water partition coefficient (Wildman–Crippen LogP) is 12.4. The van der Waals surface area contributed by atoms with Crippen LogP contribution in [0.25, 0.3) is 75.4 Å². The lowest BCUT2D eigenvalue weighted by Gasteiger charge is -2.26. The van der Waals surface area contributed by atoms with Crippen molar-refractivity contribution in [1.29, 1.82) is 0 Å². The first-order chi connectivity index (χ1) is 22.8. The van der Waals surface area contributed by atoms with Gasteiger partial charge in [0.2, 0.25) is 5.89 Å². The first-order valence-corrected chi connectivity index (χ1v) is 16.1. The Morgan fingerprint density at radius 2 is 1.17 bits per heavy atom. The highest BCUT2D eigenvalue weighted by Crippen LogP contribution is 2.43. The molecule has 0 aliphatic carbocycles. The number of para-hydroxylation sites is 1. The normalized spacial score (nSPS) is 11.9. The van der Waals surface area contributed by atoms with E-state index in [2.05, 4.69) is 108 Å². The molecule has 0 amide bonds. The second-order valence-electron chi connectivity index (χ2n) is 11.6. The number of thiophene rings is 1. The van der Waals surface area contributed by atoms with E-state index in [0.717, 1.165) is 66.4 Å². The van der Waals surface area contributed by atoms with Crippen LogP contribution in [0.2, 0.25) is 0 Å². The van der Waals surface area contributed by atoms with Crippen molar-refractivity contribution in [3.8, 4) is 11.5 Å². The molecule has 46 heavy (non-hydrogen) atoms. The van der Waals surface area contributed by atoms with Gasteiger partial charge in [0.25, 0.3) is 0 Å². The molecule has 0 aliphatic rings. The third kappa shape index (κ3) is 3.89. The molecule has 5 heteroatoms. The third-order valence-electron chi connectivity index (χ3n) is 8.87. The van der Waals surface area contributed by atoms with E-state index in [1.54, 1.807) is 0 Å². The Labute approximate surface area is 267 Å². The summed E-state index contributed by atoms with van der Waals surface area (Å²) in [5, 5.41) is 6.86. The van der Waals surface area contributed by atoms with E-state index in [9.17, 15) is 0 Å². The molecule has 0 aliphatic heterocycles. The van der Waals surface area contributed by atoms with Crippen LogP contribution in [0.4, 0.5) is 17.1 Å². The maximum absolute atomic E-state index is 6.36. The van der Waals surface area contributed by atoms with Gasteiger partial charge in [0, 0.05) is 59.0 Å². The lowest BCUT2D eigenvalue weighted by molar-refractivity contribution is 0.623. The molecular weight excluding hydrogens is 585 g/mol. The van der Waals surface area contributed by atoms with E-state index in [0.29, 0.717) is 5.89 Å². The minimum Gasteiger partial charge on any atom is -0.456 e. The zero-order chi connectivity index (χ0) is 30.2. The van der Waals surface area contributed by atoms with Crippen LogP contribution < -0.4 is 4.90 Å². The van der Waals surface area contributed by atoms with Crippen molar-refractivity contribution in [2.45, 2.75) is 0 Å². The standard InChI is InChI=1S/C41H24N2O2S/c1-2-8-25(9-3-1)41-42-35-19-14-26-22-27(15-18-30(26)40(35)45-41)43(28-16-20-37-33(23-28)31-10-4-6-12-36(31)44-37)29-17-21-39-34(24-29)32-11-5-7-13-38(32)46-39/h1-24H. The van der Waals surface area contributed by atoms with E-state index in [1.165, 1.54) is 20.2 Å². The molecular formula is C41H24N2O2S. The summed E-state index contributed by atoms with van der Waals surface area (Å²) in [6.45, 7) is 0. The lowest BCUT2D eigenvalue weighted by Crippen LogP contribution is -2.09. The fraction of sp³-hybridized carbons (Fsp3) is 0. The van der Waals surface area contributed by atoms with Crippen molar-refractivity contribution < 1.29 is 8.83 Å². The minimum absolute atomic E-state index is 0.630. The minimum atomic E-state index is 0.630. The number of hydrogen-bond acceptors (Lipinski definition) is 5. The summed E-state index contributed by atoms with van der Waals surface area (Å²) in [7, 11) is 0. The van der Waals surface area contributed by atoms with Gasteiger partial charge in [0.15, 0.2) is 5.58 Å². The van der Waals surface area contributed by atoms with Crippen molar-refractivity contribution in [3.63, 3.8) is 0 Å². The van der Waals surface area contributed by atoms with Gasteiger partial charge < -0.3 is 13.7 Å². The molecule has 0 spiro atoms. The zero-order valence-electron chi connectivity index (χ0n) is 24.5. The van der Waals surface area contributed by atoms with Crippen LogP contribution in [-0.2, 0) is 0 Å². The molecule has 0 fully saturated rings. The number of anilines is 3. The zero-order valence-corrected chi connectivity index (χ0v) is 25.3. The Morgan fingerprint density at radius 3 is 2.09 bits per heavy atom. The second-order valence-corrected chi connectivity index (χ2v) is 12.7. The van der Waals surface area contributed by atoms with Gasteiger partial charge in [-0.15, -0.1) is 11.3 Å². The molecule has 0 saturated carbocycles. The summed E-state index contributed by atoms with van der Waals surface area (Å²) in [5.41, 5.74) is 7.59. The number of fused-ring (bicyclic) bond motifs is 9. The molecule has 0 bridgehead atoms. The molecule has 4 nitrogen and oxygen atoms in total. The highest BCUT2D eigenvalue weighted by molar-refractivity contribution is 7.25. The average Bonchev–Trinajstić information content (AvgIpc) is 3.82. The van der Waals surface area contributed by atoms with Gasteiger partial charge >= 0.3 is 0 Å². The Balaban J connectivity index is 1.18. The molecule has 0 radical (unpaired) electrons. The number of aromatic nitrogens is 1. The van der Waals surface area contributed by atoms with Gasteiger partial charge in [-0.1, -0.05) is 60.7 Å². The largest absolute Gasteiger partial charge is 0.456 e. The molecule has 10 rings (SSSR count). The summed E-state index contributed by atoms with van der Waals surface area (Å²) < 4.78 is 15.1. The summed E-state index contributed by atoms with van der Waals surface area (Å²) in [6.07, 6.45) is 0. The molecule has 216 valence electrons.